The number of nitrogens with zero attached hydrogens (tertiary/aromatic N) is 1. The molecule has 0 spiro atoms. The summed E-state index contributed by atoms with van der Waals surface area (Å²) in [6, 6.07) is 0.514. The fourth-order valence-electron chi connectivity index (χ4n) is 3.08. The molecule has 3 heteroatoms. The summed E-state index contributed by atoms with van der Waals surface area (Å²) in [5.41, 5.74) is -0.221. The average molecular weight is 239 g/mol. The summed E-state index contributed by atoms with van der Waals surface area (Å²) in [6.45, 7) is 7.17. The number of amides is 1. The van der Waals surface area contributed by atoms with E-state index >= 15 is 0 Å². The van der Waals surface area contributed by atoms with Crippen LogP contribution in [0.4, 0.5) is 0 Å². The molecule has 1 aliphatic carbocycles. The summed E-state index contributed by atoms with van der Waals surface area (Å²) in [5, 5.41) is 0. The summed E-state index contributed by atoms with van der Waals surface area (Å²) < 4.78 is 5.59. The van der Waals surface area contributed by atoms with E-state index in [9.17, 15) is 4.79 Å². The Bertz CT molecular complexity index is 282. The van der Waals surface area contributed by atoms with Crippen LogP contribution in [-0.2, 0) is 9.53 Å². The van der Waals surface area contributed by atoms with Crippen molar-refractivity contribution >= 4 is 5.91 Å². The quantitative estimate of drug-likeness (QED) is 0.741. The Morgan fingerprint density at radius 3 is 2.65 bits per heavy atom. The molecule has 2 fully saturated rings. The van der Waals surface area contributed by atoms with Crippen LogP contribution in [0.5, 0.6) is 0 Å². The number of carbonyl (C=O) groups excluding carboxylic acids is 1. The van der Waals surface area contributed by atoms with E-state index in [0.29, 0.717) is 6.04 Å². The number of likely N-dealkylation sites (tertiary alicyclic amines) is 1. The second-order valence-corrected chi connectivity index (χ2v) is 6.39. The first-order chi connectivity index (χ1) is 7.97. The molecule has 0 aromatic rings. The minimum Gasteiger partial charge on any atom is -0.366 e. The molecule has 2 aliphatic rings. The summed E-state index contributed by atoms with van der Waals surface area (Å²) >= 11 is 0. The van der Waals surface area contributed by atoms with E-state index in [2.05, 4.69) is 4.90 Å². The molecule has 17 heavy (non-hydrogen) atoms. The van der Waals surface area contributed by atoms with E-state index in [4.69, 9.17) is 4.74 Å². The molecule has 1 saturated heterocycles. The van der Waals surface area contributed by atoms with Crippen molar-refractivity contribution in [2.45, 2.75) is 64.5 Å². The molecule has 0 aromatic carbocycles. The first-order valence-corrected chi connectivity index (χ1v) is 6.91. The fourth-order valence-corrected chi connectivity index (χ4v) is 3.08. The summed E-state index contributed by atoms with van der Waals surface area (Å²) in [4.78, 5) is 14.2. The van der Waals surface area contributed by atoms with Crippen molar-refractivity contribution in [2.24, 2.45) is 5.92 Å². The van der Waals surface area contributed by atoms with Crippen LogP contribution < -0.4 is 0 Å². The molecule has 2 unspecified atom stereocenters. The number of hydrogen-bond acceptors (Lipinski definition) is 2. The van der Waals surface area contributed by atoms with Crippen molar-refractivity contribution in [3.63, 3.8) is 0 Å². The van der Waals surface area contributed by atoms with Crippen molar-refractivity contribution < 1.29 is 9.53 Å². The smallest absolute Gasteiger partial charge is 0.248 e. The zero-order chi connectivity index (χ0) is 12.5. The van der Waals surface area contributed by atoms with Gasteiger partial charge in [0.2, 0.25) is 5.91 Å². The van der Waals surface area contributed by atoms with Crippen molar-refractivity contribution in [1.82, 2.24) is 4.90 Å². The van der Waals surface area contributed by atoms with E-state index in [0.717, 1.165) is 12.5 Å². The Morgan fingerprint density at radius 1 is 1.24 bits per heavy atom. The maximum atomic E-state index is 12.1. The maximum Gasteiger partial charge on any atom is 0.248 e. The highest BCUT2D eigenvalue weighted by Gasteiger charge is 2.38. The van der Waals surface area contributed by atoms with Gasteiger partial charge < -0.3 is 9.64 Å². The topological polar surface area (TPSA) is 29.5 Å². The predicted molar refractivity (Wildman–Crippen MR) is 67.8 cm³/mol. The van der Waals surface area contributed by atoms with Crippen molar-refractivity contribution in [3.05, 3.63) is 0 Å². The largest absolute Gasteiger partial charge is 0.366 e. The van der Waals surface area contributed by atoms with Crippen LogP contribution in [0.25, 0.3) is 0 Å². The Hall–Kier alpha value is -0.570. The lowest BCUT2D eigenvalue weighted by molar-refractivity contribution is -0.142. The summed E-state index contributed by atoms with van der Waals surface area (Å²) in [6.07, 6.45) is 6.35. The van der Waals surface area contributed by atoms with Crippen molar-refractivity contribution in [3.8, 4) is 0 Å². The molecule has 1 aliphatic heterocycles. The molecule has 1 saturated carbocycles. The highest BCUT2D eigenvalue weighted by atomic mass is 16.5. The van der Waals surface area contributed by atoms with E-state index in [1.54, 1.807) is 0 Å². The highest BCUT2D eigenvalue weighted by Crippen LogP contribution is 2.36. The van der Waals surface area contributed by atoms with Crippen LogP contribution in [0.1, 0.15) is 52.9 Å². The minimum absolute atomic E-state index is 0.189. The molecule has 98 valence electrons. The van der Waals surface area contributed by atoms with Crippen LogP contribution in [-0.4, -0.2) is 35.6 Å². The monoisotopic (exact) mass is 239 g/mol. The fraction of sp³-hybridized carbons (Fsp3) is 0.929. The second kappa shape index (κ2) is 4.97. The molecule has 1 amide bonds. The van der Waals surface area contributed by atoms with Gasteiger partial charge in [0.15, 0.2) is 0 Å². The summed E-state index contributed by atoms with van der Waals surface area (Å²) in [5.74, 6) is 0.955. The molecular formula is C14H25NO2. The van der Waals surface area contributed by atoms with E-state index < -0.39 is 0 Å². The van der Waals surface area contributed by atoms with Gasteiger partial charge in [0, 0.05) is 12.6 Å². The zero-order valence-corrected chi connectivity index (χ0v) is 11.4. The van der Waals surface area contributed by atoms with Crippen molar-refractivity contribution in [1.29, 1.82) is 0 Å². The average Bonchev–Trinajstić information content (AvgIpc) is 2.68. The number of rotatable bonds is 2. The zero-order valence-electron chi connectivity index (χ0n) is 11.4. The van der Waals surface area contributed by atoms with Gasteiger partial charge in [-0.05, 0) is 46.0 Å². The molecular weight excluding hydrogens is 214 g/mol. The van der Waals surface area contributed by atoms with Gasteiger partial charge in [-0.15, -0.1) is 0 Å². The predicted octanol–water partition coefficient (Wildman–Crippen LogP) is 2.59. The van der Waals surface area contributed by atoms with Gasteiger partial charge in [-0.1, -0.05) is 12.8 Å². The Morgan fingerprint density at radius 2 is 1.94 bits per heavy atom. The van der Waals surface area contributed by atoms with Crippen LogP contribution in [0.3, 0.4) is 0 Å². The van der Waals surface area contributed by atoms with Gasteiger partial charge in [0.25, 0.3) is 0 Å². The van der Waals surface area contributed by atoms with Crippen molar-refractivity contribution in [2.75, 3.05) is 13.2 Å². The number of carbonyl (C=O) groups is 1. The van der Waals surface area contributed by atoms with E-state index in [1.165, 1.54) is 32.1 Å². The van der Waals surface area contributed by atoms with Gasteiger partial charge in [-0.2, -0.15) is 0 Å². The normalized spacial score (nSPS) is 29.2. The molecule has 1 heterocycles. The molecule has 3 nitrogen and oxygen atoms in total. The van der Waals surface area contributed by atoms with Crippen LogP contribution in [0.2, 0.25) is 0 Å². The first-order valence-electron chi connectivity index (χ1n) is 6.91. The lowest BCUT2D eigenvalue weighted by Crippen LogP contribution is -2.42. The van der Waals surface area contributed by atoms with E-state index in [1.807, 2.05) is 20.8 Å². The third-order valence-corrected chi connectivity index (χ3v) is 3.96. The standard InChI is InChI=1S/C14H25NO2/c1-14(2,3)17-10-13(16)15-9-8-11-6-4-5-7-12(11)15/h11-12H,4-10H2,1-3H3. The van der Waals surface area contributed by atoms with Crippen LogP contribution in [0, 0.1) is 5.92 Å². The van der Waals surface area contributed by atoms with Gasteiger partial charge in [0.05, 0.1) is 5.60 Å². The molecule has 0 aromatic heterocycles. The number of hydrogen-bond donors (Lipinski definition) is 0. The third kappa shape index (κ3) is 3.21. The number of fused-ring (bicyclic) bond motifs is 1. The molecule has 0 N–H and O–H groups in total. The SMILES string of the molecule is CC(C)(C)OCC(=O)N1CCC2CCCCC21. The molecule has 0 radical (unpaired) electrons. The van der Waals surface area contributed by atoms with Gasteiger partial charge >= 0.3 is 0 Å². The Balaban J connectivity index is 1.87. The molecule has 0 bridgehead atoms. The van der Waals surface area contributed by atoms with Crippen LogP contribution in [0.15, 0.2) is 0 Å². The third-order valence-electron chi connectivity index (χ3n) is 3.96. The second-order valence-electron chi connectivity index (χ2n) is 6.39. The number of ether oxygens (including phenoxy) is 1. The molecule has 2 rings (SSSR count). The lowest BCUT2D eigenvalue weighted by atomic mass is 9.85. The Labute approximate surface area is 105 Å². The lowest BCUT2D eigenvalue weighted by Gasteiger charge is -2.32. The van der Waals surface area contributed by atoms with Crippen LogP contribution >= 0.6 is 0 Å². The van der Waals surface area contributed by atoms with E-state index in [-0.39, 0.29) is 18.1 Å². The summed E-state index contributed by atoms with van der Waals surface area (Å²) in [7, 11) is 0. The van der Waals surface area contributed by atoms with Gasteiger partial charge in [-0.25, -0.2) is 0 Å². The van der Waals surface area contributed by atoms with Gasteiger partial charge in [-0.3, -0.25) is 4.79 Å². The van der Waals surface area contributed by atoms with Gasteiger partial charge in [0.1, 0.15) is 6.61 Å². The molecule has 2 atom stereocenters. The highest BCUT2D eigenvalue weighted by molar-refractivity contribution is 5.78. The maximum absolute atomic E-state index is 12.1. The Kier molecular flexibility index (Phi) is 3.76. The first kappa shape index (κ1) is 12.9. The minimum atomic E-state index is -0.221.